The van der Waals surface area contributed by atoms with E-state index in [1.807, 2.05) is 32.5 Å². The number of rotatable bonds is 6. The monoisotopic (exact) mass is 500 g/mol. The van der Waals surface area contributed by atoms with Crippen LogP contribution in [0.15, 0.2) is 4.99 Å². The second-order valence-electron chi connectivity index (χ2n) is 7.60. The number of alkyl carbamates (subject to hydrolysis) is 1. The number of halogens is 1. The topological polar surface area (TPSA) is 74.8 Å². The highest BCUT2D eigenvalue weighted by Gasteiger charge is 2.31. The molecule has 1 fully saturated rings. The first-order chi connectivity index (χ1) is 11.7. The van der Waals surface area contributed by atoms with Crippen molar-refractivity contribution in [2.75, 3.05) is 25.1 Å². The highest BCUT2D eigenvalue weighted by molar-refractivity contribution is 14.0. The maximum atomic E-state index is 12.2. The molecular formula is C18H37IN4O2S. The lowest BCUT2D eigenvalue weighted by atomic mass is 9.93. The number of ether oxygens (including phenoxy) is 1. The number of carbonyl (C=O) groups is 1. The third-order valence-corrected chi connectivity index (χ3v) is 5.65. The predicted octanol–water partition coefficient (Wildman–Crippen LogP) is 3.75. The van der Waals surface area contributed by atoms with Gasteiger partial charge < -0.3 is 20.7 Å². The first kappa shape index (κ1) is 25.6. The molecule has 1 amide bonds. The molecule has 0 aromatic rings. The number of thioether (sulfide) groups is 1. The highest BCUT2D eigenvalue weighted by Crippen LogP contribution is 2.18. The molecule has 26 heavy (non-hydrogen) atoms. The normalized spacial score (nSPS) is 18.5. The van der Waals surface area contributed by atoms with E-state index < -0.39 is 5.60 Å². The fourth-order valence-corrected chi connectivity index (χ4v) is 3.81. The van der Waals surface area contributed by atoms with Crippen LogP contribution in [0.5, 0.6) is 0 Å². The fourth-order valence-electron chi connectivity index (χ4n) is 2.74. The Morgan fingerprint density at radius 1 is 1.27 bits per heavy atom. The Balaban J connectivity index is 0.00000625. The van der Waals surface area contributed by atoms with E-state index in [1.54, 1.807) is 7.05 Å². The van der Waals surface area contributed by atoms with Crippen LogP contribution < -0.4 is 16.0 Å². The second-order valence-corrected chi connectivity index (χ2v) is 8.75. The van der Waals surface area contributed by atoms with E-state index in [9.17, 15) is 4.79 Å². The molecule has 1 aliphatic heterocycles. The molecule has 1 atom stereocenters. The van der Waals surface area contributed by atoms with Gasteiger partial charge in [-0.2, -0.15) is 11.8 Å². The molecular weight excluding hydrogens is 463 g/mol. The van der Waals surface area contributed by atoms with Gasteiger partial charge in [0, 0.05) is 25.4 Å². The zero-order chi connectivity index (χ0) is 18.9. The highest BCUT2D eigenvalue weighted by atomic mass is 127. The van der Waals surface area contributed by atoms with Gasteiger partial charge in [0.15, 0.2) is 5.96 Å². The minimum atomic E-state index is -0.499. The van der Waals surface area contributed by atoms with Crippen LogP contribution in [0.4, 0.5) is 4.79 Å². The maximum Gasteiger partial charge on any atom is 0.408 e. The zero-order valence-corrected chi connectivity index (χ0v) is 20.3. The molecule has 0 radical (unpaired) electrons. The lowest BCUT2D eigenvalue weighted by molar-refractivity contribution is 0.0448. The quantitative estimate of drug-likeness (QED) is 0.294. The van der Waals surface area contributed by atoms with E-state index in [0.29, 0.717) is 12.6 Å². The van der Waals surface area contributed by atoms with E-state index in [-0.39, 0.29) is 35.6 Å². The zero-order valence-electron chi connectivity index (χ0n) is 17.1. The number of guanidine groups is 1. The third-order valence-electron chi connectivity index (χ3n) is 4.44. The first-order valence-corrected chi connectivity index (χ1v) is 10.4. The minimum absolute atomic E-state index is 0. The largest absolute Gasteiger partial charge is 0.444 e. The molecule has 1 heterocycles. The van der Waals surface area contributed by atoms with Crippen molar-refractivity contribution in [1.29, 1.82) is 0 Å². The second kappa shape index (κ2) is 12.2. The summed E-state index contributed by atoms with van der Waals surface area (Å²) < 4.78 is 5.43. The summed E-state index contributed by atoms with van der Waals surface area (Å²) in [5, 5.41) is 9.94. The average Bonchev–Trinajstić information content (AvgIpc) is 2.56. The molecule has 0 aliphatic carbocycles. The number of nitrogens with zero attached hydrogens (tertiary/aromatic N) is 1. The van der Waals surface area contributed by atoms with Crippen LogP contribution in [-0.4, -0.2) is 54.3 Å². The number of hydrogen-bond donors (Lipinski definition) is 3. The molecule has 0 bridgehead atoms. The van der Waals surface area contributed by atoms with Crippen molar-refractivity contribution >= 4 is 47.8 Å². The van der Waals surface area contributed by atoms with Crippen LogP contribution >= 0.6 is 35.7 Å². The SMILES string of the molecule is CCC(CC)(CNC(=NC)NC1CCCSC1)NC(=O)OC(C)(C)C.I. The summed E-state index contributed by atoms with van der Waals surface area (Å²) >= 11 is 1.98. The lowest BCUT2D eigenvalue weighted by Gasteiger charge is -2.35. The Hall–Kier alpha value is -0.380. The van der Waals surface area contributed by atoms with Crippen molar-refractivity contribution in [2.45, 2.75) is 77.5 Å². The molecule has 0 aromatic heterocycles. The number of hydrogen-bond acceptors (Lipinski definition) is 4. The molecule has 1 aliphatic rings. The van der Waals surface area contributed by atoms with Crippen LogP contribution in [0.1, 0.15) is 60.3 Å². The van der Waals surface area contributed by atoms with Crippen molar-refractivity contribution in [3.8, 4) is 0 Å². The van der Waals surface area contributed by atoms with Gasteiger partial charge in [0.05, 0.1) is 5.54 Å². The summed E-state index contributed by atoms with van der Waals surface area (Å²) in [6.45, 7) is 10.4. The van der Waals surface area contributed by atoms with E-state index in [4.69, 9.17) is 4.74 Å². The van der Waals surface area contributed by atoms with Crippen molar-refractivity contribution < 1.29 is 9.53 Å². The Kier molecular flexibility index (Phi) is 12.0. The molecule has 3 N–H and O–H groups in total. The molecule has 8 heteroatoms. The van der Waals surface area contributed by atoms with Crippen molar-refractivity contribution in [1.82, 2.24) is 16.0 Å². The third kappa shape index (κ3) is 9.53. The number of nitrogens with one attached hydrogen (secondary N) is 3. The van der Waals surface area contributed by atoms with Gasteiger partial charge in [-0.1, -0.05) is 13.8 Å². The summed E-state index contributed by atoms with van der Waals surface area (Å²) in [4.78, 5) is 16.5. The molecule has 1 rings (SSSR count). The summed E-state index contributed by atoms with van der Waals surface area (Å²) in [5.41, 5.74) is -0.859. The summed E-state index contributed by atoms with van der Waals surface area (Å²) in [7, 11) is 1.78. The Morgan fingerprint density at radius 2 is 1.92 bits per heavy atom. The smallest absolute Gasteiger partial charge is 0.408 e. The van der Waals surface area contributed by atoms with Gasteiger partial charge in [-0.15, -0.1) is 24.0 Å². The number of aliphatic imine (C=N–C) groups is 1. The van der Waals surface area contributed by atoms with Gasteiger partial charge >= 0.3 is 6.09 Å². The average molecular weight is 500 g/mol. The van der Waals surface area contributed by atoms with Crippen LogP contribution in [0.3, 0.4) is 0 Å². The van der Waals surface area contributed by atoms with Gasteiger partial charge in [0.1, 0.15) is 5.60 Å². The fraction of sp³-hybridized carbons (Fsp3) is 0.889. The van der Waals surface area contributed by atoms with Crippen molar-refractivity contribution in [3.05, 3.63) is 0 Å². The standard InChI is InChI=1S/C18H36N4O2S.HI/c1-7-18(8-2,22-16(23)24-17(3,4)5)13-20-15(19-6)21-14-10-9-11-25-12-14;/h14H,7-13H2,1-6H3,(H,22,23)(H2,19,20,21);1H. The summed E-state index contributed by atoms with van der Waals surface area (Å²) in [5.74, 6) is 3.16. The summed E-state index contributed by atoms with van der Waals surface area (Å²) in [6.07, 6.45) is 3.67. The molecule has 154 valence electrons. The van der Waals surface area contributed by atoms with Crippen molar-refractivity contribution in [2.24, 2.45) is 4.99 Å². The van der Waals surface area contributed by atoms with Gasteiger partial charge in [0.25, 0.3) is 0 Å². The predicted molar refractivity (Wildman–Crippen MR) is 123 cm³/mol. The Morgan fingerprint density at radius 3 is 2.38 bits per heavy atom. The maximum absolute atomic E-state index is 12.2. The Bertz CT molecular complexity index is 445. The van der Waals surface area contributed by atoms with Crippen LogP contribution in [0.2, 0.25) is 0 Å². The lowest BCUT2D eigenvalue weighted by Crippen LogP contribution is -2.58. The first-order valence-electron chi connectivity index (χ1n) is 9.29. The molecule has 1 saturated heterocycles. The van der Waals surface area contributed by atoms with Crippen molar-refractivity contribution in [3.63, 3.8) is 0 Å². The summed E-state index contributed by atoms with van der Waals surface area (Å²) in [6, 6.07) is 0.460. The molecule has 1 unspecified atom stereocenters. The van der Waals surface area contributed by atoms with E-state index in [1.165, 1.54) is 18.6 Å². The number of carbonyl (C=O) groups excluding carboxylic acids is 1. The number of amides is 1. The van der Waals surface area contributed by atoms with Crippen LogP contribution in [0, 0.1) is 0 Å². The van der Waals surface area contributed by atoms with Gasteiger partial charge in [-0.25, -0.2) is 4.79 Å². The molecule has 0 spiro atoms. The van der Waals surface area contributed by atoms with Gasteiger partial charge in [0.2, 0.25) is 0 Å². The van der Waals surface area contributed by atoms with Gasteiger partial charge in [-0.05, 0) is 52.2 Å². The molecule has 0 aromatic carbocycles. The van der Waals surface area contributed by atoms with Crippen LogP contribution in [0.25, 0.3) is 0 Å². The minimum Gasteiger partial charge on any atom is -0.444 e. The molecule has 6 nitrogen and oxygen atoms in total. The Labute approximate surface area is 180 Å². The van der Waals surface area contributed by atoms with E-state index >= 15 is 0 Å². The van der Waals surface area contributed by atoms with E-state index in [0.717, 1.165) is 24.6 Å². The van der Waals surface area contributed by atoms with Crippen LogP contribution in [-0.2, 0) is 4.74 Å². The van der Waals surface area contributed by atoms with Gasteiger partial charge in [-0.3, -0.25) is 4.99 Å². The van der Waals surface area contributed by atoms with E-state index in [2.05, 4.69) is 34.8 Å². The molecule has 0 saturated carbocycles.